The molecule has 3 heteroatoms. The molecule has 0 fully saturated rings. The van der Waals surface area contributed by atoms with E-state index in [4.69, 9.17) is 9.47 Å². The Hall–Kier alpha value is 0.137. The molecule has 2 nitrogen and oxygen atoms in total. The average molecular weight is 331 g/mol. The second-order valence-corrected chi connectivity index (χ2v) is 8.59. The number of hydrogen-bond acceptors (Lipinski definition) is 2. The molecule has 0 aromatic carbocycles. The van der Waals surface area contributed by atoms with Crippen LogP contribution in [0, 0.1) is 0 Å². The van der Waals surface area contributed by atoms with Gasteiger partial charge in [-0.2, -0.15) is 0 Å². The van der Waals surface area contributed by atoms with Gasteiger partial charge in [0.05, 0.1) is 9.52 Å². The summed E-state index contributed by atoms with van der Waals surface area (Å²) in [5.41, 5.74) is 0. The minimum absolute atomic E-state index is 0.141. The van der Waals surface area contributed by atoms with Gasteiger partial charge >= 0.3 is 0 Å². The zero-order valence-corrected chi connectivity index (χ0v) is 17.1. The molecule has 0 rings (SSSR count). The molecule has 0 heterocycles. The monoisotopic (exact) mass is 330 g/mol. The van der Waals surface area contributed by atoms with Gasteiger partial charge in [-0.3, -0.25) is 0 Å². The van der Waals surface area contributed by atoms with Gasteiger partial charge < -0.3 is 9.47 Å². The predicted molar refractivity (Wildman–Crippen MR) is 101 cm³/mol. The van der Waals surface area contributed by atoms with Crippen molar-refractivity contribution in [3.8, 4) is 0 Å². The maximum atomic E-state index is 5.26. The smallest absolute Gasteiger partial charge is 0.134 e. The van der Waals surface area contributed by atoms with Crippen molar-refractivity contribution in [3.63, 3.8) is 0 Å². The van der Waals surface area contributed by atoms with Gasteiger partial charge in [0.2, 0.25) is 0 Å². The molecule has 0 aromatic rings. The van der Waals surface area contributed by atoms with Crippen LogP contribution in [0.1, 0.15) is 96.8 Å². The van der Waals surface area contributed by atoms with Gasteiger partial charge in [0.25, 0.3) is 0 Å². The van der Waals surface area contributed by atoms with Crippen molar-refractivity contribution in [1.82, 2.24) is 0 Å². The fraction of sp³-hybridized carbons (Fsp3) is 1.00. The van der Waals surface area contributed by atoms with Gasteiger partial charge in [-0.25, -0.2) is 0 Å². The Balaban J connectivity index is 3.02. The van der Waals surface area contributed by atoms with Gasteiger partial charge in [0.15, 0.2) is 0 Å². The van der Waals surface area contributed by atoms with Crippen molar-refractivity contribution < 1.29 is 9.47 Å². The third kappa shape index (κ3) is 16.5. The summed E-state index contributed by atoms with van der Waals surface area (Å²) in [7, 11) is 3.33. The molecule has 0 saturated heterocycles. The van der Waals surface area contributed by atoms with Crippen LogP contribution in [0.2, 0.25) is 6.04 Å². The van der Waals surface area contributed by atoms with E-state index >= 15 is 0 Å². The number of rotatable bonds is 18. The minimum atomic E-state index is -0.181. The highest BCUT2D eigenvalue weighted by Crippen LogP contribution is 2.13. The lowest BCUT2D eigenvalue weighted by molar-refractivity contribution is -0.0441. The maximum Gasteiger partial charge on any atom is 0.134 e. The van der Waals surface area contributed by atoms with E-state index in [2.05, 4.69) is 6.92 Å². The topological polar surface area (TPSA) is 18.5 Å². The van der Waals surface area contributed by atoms with Crippen LogP contribution in [0.3, 0.4) is 0 Å². The first-order chi connectivity index (χ1) is 10.8. The Labute approximate surface area is 142 Å². The molecule has 0 bridgehead atoms. The van der Waals surface area contributed by atoms with Crippen LogP contribution in [0.25, 0.3) is 0 Å². The highest BCUT2D eigenvalue weighted by atomic mass is 28.2. The van der Waals surface area contributed by atoms with Gasteiger partial charge in [0.1, 0.15) is 5.91 Å². The van der Waals surface area contributed by atoms with Crippen LogP contribution in [-0.2, 0) is 9.47 Å². The predicted octanol–water partition coefficient (Wildman–Crippen LogP) is 5.63. The first kappa shape index (κ1) is 22.1. The van der Waals surface area contributed by atoms with Gasteiger partial charge in [-0.05, 0) is 0 Å². The fourth-order valence-electron chi connectivity index (χ4n) is 3.01. The molecule has 0 N–H and O–H groups in total. The van der Waals surface area contributed by atoms with E-state index < -0.39 is 0 Å². The summed E-state index contributed by atoms with van der Waals surface area (Å²) in [5, 5.41) is 0. The summed E-state index contributed by atoms with van der Waals surface area (Å²) >= 11 is 0. The van der Waals surface area contributed by atoms with E-state index in [1.165, 1.54) is 95.9 Å². The lowest BCUT2D eigenvalue weighted by atomic mass is 10.0. The molecule has 0 aliphatic carbocycles. The molecule has 0 aliphatic rings. The summed E-state index contributed by atoms with van der Waals surface area (Å²) in [6.45, 7) is 2.29. The van der Waals surface area contributed by atoms with E-state index in [9.17, 15) is 0 Å². The highest BCUT2D eigenvalue weighted by molar-refractivity contribution is 6.36. The minimum Gasteiger partial charge on any atom is -0.360 e. The second kappa shape index (κ2) is 19.2. The molecule has 0 saturated carbocycles. The average Bonchev–Trinajstić information content (AvgIpc) is 2.55. The van der Waals surface area contributed by atoms with Crippen LogP contribution < -0.4 is 0 Å². The van der Waals surface area contributed by atoms with Crippen molar-refractivity contribution in [2.24, 2.45) is 0 Å². The van der Waals surface area contributed by atoms with Gasteiger partial charge in [0, 0.05) is 14.2 Å². The summed E-state index contributed by atoms with van der Waals surface area (Å²) in [4.78, 5) is 0. The molecule has 0 amide bonds. The molecule has 0 atom stereocenters. The van der Waals surface area contributed by atoms with E-state index in [0.717, 1.165) is 0 Å². The van der Waals surface area contributed by atoms with E-state index in [1.807, 2.05) is 0 Å². The first-order valence-corrected chi connectivity index (χ1v) is 11.7. The number of unbranched alkanes of at least 4 members (excludes halogenated alkanes) is 13. The summed E-state index contributed by atoms with van der Waals surface area (Å²) in [6, 6.07) is 1.37. The summed E-state index contributed by atoms with van der Waals surface area (Å²) < 4.78 is 10.5. The van der Waals surface area contributed by atoms with Crippen molar-refractivity contribution in [2.75, 3.05) is 14.2 Å². The molecule has 22 heavy (non-hydrogen) atoms. The number of ether oxygens (including phenoxy) is 2. The lowest BCUT2D eigenvalue weighted by Crippen LogP contribution is -2.20. The molecule has 0 radical (unpaired) electrons. The Morgan fingerprint density at radius 1 is 0.591 bits per heavy atom. The first-order valence-electron chi connectivity index (χ1n) is 9.90. The Morgan fingerprint density at radius 2 is 0.955 bits per heavy atom. The fourth-order valence-corrected chi connectivity index (χ4v) is 4.46. The summed E-state index contributed by atoms with van der Waals surface area (Å²) in [6.07, 6.45) is 20.1. The standard InChI is InChI=1S/C19H42O2Si/c1-4-5-6-7-8-9-10-11-12-13-14-15-16-17-18-22-19(20-2)21-3/h19H,4-18,22H2,1-3H3. The van der Waals surface area contributed by atoms with E-state index in [0.29, 0.717) is 0 Å². The van der Waals surface area contributed by atoms with Crippen molar-refractivity contribution in [1.29, 1.82) is 0 Å². The Morgan fingerprint density at radius 3 is 1.32 bits per heavy atom. The second-order valence-electron chi connectivity index (χ2n) is 6.64. The normalized spacial score (nSPS) is 12.0. The Kier molecular flexibility index (Phi) is 19.3. The third-order valence-electron chi connectivity index (χ3n) is 4.57. The largest absolute Gasteiger partial charge is 0.360 e. The molecular formula is C19H42O2Si. The van der Waals surface area contributed by atoms with E-state index in [-0.39, 0.29) is 15.4 Å². The van der Waals surface area contributed by atoms with Crippen molar-refractivity contribution >= 4 is 9.52 Å². The highest BCUT2D eigenvalue weighted by Gasteiger charge is 2.04. The van der Waals surface area contributed by atoms with Crippen molar-refractivity contribution in [3.05, 3.63) is 0 Å². The van der Waals surface area contributed by atoms with Crippen LogP contribution in [0.15, 0.2) is 0 Å². The zero-order chi connectivity index (χ0) is 16.3. The quantitative estimate of drug-likeness (QED) is 0.184. The zero-order valence-electron chi connectivity index (χ0n) is 15.7. The molecule has 0 unspecified atom stereocenters. The number of hydrogen-bond donors (Lipinski definition) is 0. The van der Waals surface area contributed by atoms with Crippen LogP contribution in [0.5, 0.6) is 0 Å². The number of methoxy groups -OCH3 is 2. The molecule has 0 aliphatic heterocycles. The van der Waals surface area contributed by atoms with Gasteiger partial charge in [-0.15, -0.1) is 0 Å². The summed E-state index contributed by atoms with van der Waals surface area (Å²) in [5.74, 6) is 0.141. The molecular weight excluding hydrogens is 288 g/mol. The van der Waals surface area contributed by atoms with E-state index in [1.54, 1.807) is 14.2 Å². The van der Waals surface area contributed by atoms with Crippen molar-refractivity contribution in [2.45, 2.75) is 109 Å². The SMILES string of the molecule is CCCCCCCCCCCCCCCC[SiH2]C(OC)OC. The van der Waals surface area contributed by atoms with Crippen LogP contribution >= 0.6 is 0 Å². The van der Waals surface area contributed by atoms with Crippen LogP contribution in [0.4, 0.5) is 0 Å². The lowest BCUT2D eigenvalue weighted by Gasteiger charge is -2.12. The maximum absolute atomic E-state index is 5.26. The molecule has 134 valence electrons. The molecule has 0 aromatic heterocycles. The third-order valence-corrected chi connectivity index (χ3v) is 6.62. The van der Waals surface area contributed by atoms with Crippen LogP contribution in [-0.4, -0.2) is 29.7 Å². The Bertz CT molecular complexity index is 196. The molecule has 0 spiro atoms. The van der Waals surface area contributed by atoms with Gasteiger partial charge in [-0.1, -0.05) is 103 Å².